The largest absolute Gasteiger partial charge is 0.462 e. The van der Waals surface area contributed by atoms with Crippen molar-refractivity contribution in [3.05, 3.63) is 24.3 Å². The van der Waals surface area contributed by atoms with Crippen LogP contribution in [0.2, 0.25) is 0 Å². The maximum absolute atomic E-state index is 12.9. The lowest BCUT2D eigenvalue weighted by molar-refractivity contribution is -0.167. The van der Waals surface area contributed by atoms with Gasteiger partial charge in [0.1, 0.15) is 13.2 Å². The highest BCUT2D eigenvalue weighted by atomic mass is 16.6. The highest BCUT2D eigenvalue weighted by Crippen LogP contribution is 2.18. The summed E-state index contributed by atoms with van der Waals surface area (Å²) < 4.78 is 16.9. The molecule has 6 heteroatoms. The van der Waals surface area contributed by atoms with Crippen LogP contribution in [0.1, 0.15) is 361 Å². The highest BCUT2D eigenvalue weighted by Gasteiger charge is 2.19. The summed E-state index contributed by atoms with van der Waals surface area (Å²) >= 11 is 0. The summed E-state index contributed by atoms with van der Waals surface area (Å²) in [5.74, 6) is -0.838. The van der Waals surface area contributed by atoms with Crippen LogP contribution in [-0.2, 0) is 28.6 Å². The normalized spacial score (nSPS) is 12.1. The first-order valence-electron chi connectivity index (χ1n) is 32.3. The van der Waals surface area contributed by atoms with Gasteiger partial charge >= 0.3 is 17.9 Å². The smallest absolute Gasteiger partial charge is 0.306 e. The van der Waals surface area contributed by atoms with E-state index in [9.17, 15) is 14.4 Å². The lowest BCUT2D eigenvalue weighted by Crippen LogP contribution is -2.30. The SMILES string of the molecule is CCCCCCC/C=C\C/C=C\CCCCCCCCCCCCCCCCCCCC(=O)OCC(COC(=O)CCCCCCCCCCCCC)OC(=O)CCCCCCCCCCCCCCCC. The summed E-state index contributed by atoms with van der Waals surface area (Å²) in [6, 6.07) is 0. The van der Waals surface area contributed by atoms with Gasteiger partial charge in [-0.2, -0.15) is 0 Å². The topological polar surface area (TPSA) is 78.9 Å². The van der Waals surface area contributed by atoms with Crippen LogP contribution < -0.4 is 0 Å². The molecule has 72 heavy (non-hydrogen) atoms. The Morgan fingerprint density at radius 3 is 0.764 bits per heavy atom. The number of esters is 3. The second-order valence-corrected chi connectivity index (χ2v) is 22.0. The van der Waals surface area contributed by atoms with E-state index < -0.39 is 6.10 Å². The van der Waals surface area contributed by atoms with E-state index in [1.165, 1.54) is 257 Å². The Morgan fingerprint density at radius 2 is 0.500 bits per heavy atom. The lowest BCUT2D eigenvalue weighted by Gasteiger charge is -2.18. The molecule has 0 rings (SSSR count). The molecule has 0 radical (unpaired) electrons. The average Bonchev–Trinajstić information content (AvgIpc) is 3.38. The van der Waals surface area contributed by atoms with Crippen LogP contribution in [-0.4, -0.2) is 37.2 Å². The third-order valence-corrected chi connectivity index (χ3v) is 14.7. The van der Waals surface area contributed by atoms with Crippen LogP contribution in [0.4, 0.5) is 0 Å². The second kappa shape index (κ2) is 61.4. The molecule has 1 atom stereocenters. The van der Waals surface area contributed by atoms with Gasteiger partial charge in [0.15, 0.2) is 6.10 Å². The van der Waals surface area contributed by atoms with Crippen LogP contribution in [0.3, 0.4) is 0 Å². The first kappa shape index (κ1) is 69.9. The van der Waals surface area contributed by atoms with E-state index in [0.717, 1.165) is 64.2 Å². The molecule has 0 aliphatic heterocycles. The average molecular weight is 1010 g/mol. The Balaban J connectivity index is 4.10. The minimum atomic E-state index is -0.764. The van der Waals surface area contributed by atoms with E-state index >= 15 is 0 Å². The lowest BCUT2D eigenvalue weighted by atomic mass is 10.0. The van der Waals surface area contributed by atoms with Gasteiger partial charge in [0.2, 0.25) is 0 Å². The summed E-state index contributed by atoms with van der Waals surface area (Å²) in [5, 5.41) is 0. The van der Waals surface area contributed by atoms with Gasteiger partial charge in [0, 0.05) is 19.3 Å². The molecule has 0 bridgehead atoms. The molecule has 6 nitrogen and oxygen atoms in total. The van der Waals surface area contributed by atoms with E-state index in [0.29, 0.717) is 19.3 Å². The fourth-order valence-electron chi connectivity index (χ4n) is 9.83. The van der Waals surface area contributed by atoms with E-state index in [1.54, 1.807) is 0 Å². The van der Waals surface area contributed by atoms with Crippen LogP contribution >= 0.6 is 0 Å². The van der Waals surface area contributed by atoms with Crippen molar-refractivity contribution < 1.29 is 28.6 Å². The predicted octanol–water partition coefficient (Wildman–Crippen LogP) is 21.8. The Hall–Kier alpha value is -2.11. The predicted molar refractivity (Wildman–Crippen MR) is 312 cm³/mol. The van der Waals surface area contributed by atoms with Crippen LogP contribution in [0, 0.1) is 0 Å². The number of hydrogen-bond donors (Lipinski definition) is 0. The van der Waals surface area contributed by atoms with E-state index in [2.05, 4.69) is 45.1 Å². The van der Waals surface area contributed by atoms with Crippen molar-refractivity contribution >= 4 is 17.9 Å². The zero-order valence-corrected chi connectivity index (χ0v) is 48.7. The van der Waals surface area contributed by atoms with Crippen LogP contribution in [0.15, 0.2) is 24.3 Å². The summed E-state index contributed by atoms with van der Waals surface area (Å²) in [6.45, 7) is 6.68. The second-order valence-electron chi connectivity index (χ2n) is 22.0. The Bertz CT molecular complexity index is 1160. The molecule has 0 N–H and O–H groups in total. The maximum atomic E-state index is 12.9. The van der Waals surface area contributed by atoms with Crippen LogP contribution in [0.5, 0.6) is 0 Å². The molecule has 0 aromatic carbocycles. The maximum Gasteiger partial charge on any atom is 0.306 e. The minimum Gasteiger partial charge on any atom is -0.462 e. The first-order valence-corrected chi connectivity index (χ1v) is 32.3. The third kappa shape index (κ3) is 58.8. The molecular weight excluding hydrogens is 889 g/mol. The van der Waals surface area contributed by atoms with Gasteiger partial charge in [-0.15, -0.1) is 0 Å². The number of carbonyl (C=O) groups excluding carboxylic acids is 3. The Morgan fingerprint density at radius 1 is 0.278 bits per heavy atom. The molecular formula is C66H124O6. The van der Waals surface area contributed by atoms with E-state index in [4.69, 9.17) is 14.2 Å². The standard InChI is InChI=1S/C66H124O6/c1-4-7-10-13-16-19-22-24-26-27-28-29-30-31-32-33-34-35-36-37-38-39-40-42-44-47-50-53-56-59-65(68)71-62-63(61-70-64(67)58-55-52-49-46-43-21-18-15-12-9-6-3)72-66(69)60-57-54-51-48-45-41-25-23-20-17-14-11-8-5-2/h22,24,27-28,63H,4-21,23,25-26,29-62H2,1-3H3/b24-22-,28-27-. The summed E-state index contributed by atoms with van der Waals surface area (Å²) in [5.41, 5.74) is 0. The fraction of sp³-hybridized carbons (Fsp3) is 0.894. The molecule has 0 saturated heterocycles. The summed E-state index contributed by atoms with van der Waals surface area (Å²) in [7, 11) is 0. The molecule has 0 heterocycles. The summed E-state index contributed by atoms with van der Waals surface area (Å²) in [4.78, 5) is 38.2. The number of unbranched alkanes of at least 4 members (excludes halogenated alkanes) is 45. The number of hydrogen-bond acceptors (Lipinski definition) is 6. The van der Waals surface area contributed by atoms with Crippen molar-refractivity contribution in [1.29, 1.82) is 0 Å². The highest BCUT2D eigenvalue weighted by molar-refractivity contribution is 5.71. The van der Waals surface area contributed by atoms with E-state index in [-0.39, 0.29) is 31.1 Å². The van der Waals surface area contributed by atoms with Crippen molar-refractivity contribution in [2.24, 2.45) is 0 Å². The molecule has 0 amide bonds. The monoisotopic (exact) mass is 1010 g/mol. The zero-order valence-electron chi connectivity index (χ0n) is 48.7. The first-order chi connectivity index (χ1) is 35.5. The van der Waals surface area contributed by atoms with Gasteiger partial charge in [-0.05, 0) is 51.4 Å². The Labute approximate surface area is 449 Å². The Kier molecular flexibility index (Phi) is 59.6. The third-order valence-electron chi connectivity index (χ3n) is 14.7. The van der Waals surface area contributed by atoms with Crippen molar-refractivity contribution in [2.75, 3.05) is 13.2 Å². The molecule has 0 saturated carbocycles. The van der Waals surface area contributed by atoms with Gasteiger partial charge < -0.3 is 14.2 Å². The number of ether oxygens (including phenoxy) is 3. The number of rotatable bonds is 60. The molecule has 424 valence electrons. The van der Waals surface area contributed by atoms with Crippen molar-refractivity contribution in [3.63, 3.8) is 0 Å². The van der Waals surface area contributed by atoms with Gasteiger partial charge in [0.05, 0.1) is 0 Å². The fourth-order valence-corrected chi connectivity index (χ4v) is 9.83. The number of carbonyl (C=O) groups is 3. The van der Waals surface area contributed by atoms with Gasteiger partial charge in [0.25, 0.3) is 0 Å². The summed E-state index contributed by atoms with van der Waals surface area (Å²) in [6.07, 6.45) is 73.4. The molecule has 0 aromatic rings. The minimum absolute atomic E-state index is 0.0640. The molecule has 0 aromatic heterocycles. The molecule has 0 aliphatic carbocycles. The van der Waals surface area contributed by atoms with Crippen molar-refractivity contribution in [1.82, 2.24) is 0 Å². The van der Waals surface area contributed by atoms with Gasteiger partial charge in [-0.1, -0.05) is 315 Å². The quantitative estimate of drug-likeness (QED) is 0.0261. The van der Waals surface area contributed by atoms with Crippen LogP contribution in [0.25, 0.3) is 0 Å². The zero-order chi connectivity index (χ0) is 52.2. The molecule has 0 fully saturated rings. The van der Waals surface area contributed by atoms with Gasteiger partial charge in [-0.3, -0.25) is 14.4 Å². The van der Waals surface area contributed by atoms with E-state index in [1.807, 2.05) is 0 Å². The number of allylic oxidation sites excluding steroid dienone is 4. The van der Waals surface area contributed by atoms with Gasteiger partial charge in [-0.25, -0.2) is 0 Å². The molecule has 0 spiro atoms. The molecule has 1 unspecified atom stereocenters. The molecule has 0 aliphatic rings. The van der Waals surface area contributed by atoms with Crippen molar-refractivity contribution in [2.45, 2.75) is 367 Å². The van der Waals surface area contributed by atoms with Crippen molar-refractivity contribution in [3.8, 4) is 0 Å².